The van der Waals surface area contributed by atoms with Crippen molar-refractivity contribution in [2.24, 2.45) is 0 Å². The van der Waals surface area contributed by atoms with Crippen LogP contribution in [0.15, 0.2) is 36.5 Å². The van der Waals surface area contributed by atoms with E-state index in [9.17, 15) is 13.6 Å². The number of carbonyl (C=O) groups excluding carboxylic acids is 1. The van der Waals surface area contributed by atoms with Gasteiger partial charge in [0.1, 0.15) is 11.4 Å². The van der Waals surface area contributed by atoms with E-state index in [0.717, 1.165) is 5.56 Å². The number of carbonyl (C=O) groups is 1. The lowest BCUT2D eigenvalue weighted by molar-refractivity contribution is -0.0498. The van der Waals surface area contributed by atoms with Gasteiger partial charge in [-0.2, -0.15) is 8.78 Å². The average molecular weight is 301 g/mol. The molecule has 0 saturated heterocycles. The monoisotopic (exact) mass is 300 g/mol. The van der Waals surface area contributed by atoms with Gasteiger partial charge in [0.25, 0.3) is 5.91 Å². The lowest BCUT2D eigenvalue weighted by Gasteiger charge is -2.06. The molecule has 1 amide bonds. The quantitative estimate of drug-likeness (QED) is 0.891. The molecule has 1 heterocycles. The molecule has 20 heavy (non-hydrogen) atoms. The Bertz CT molecular complexity index is 584. The molecule has 0 spiro atoms. The number of ether oxygens (including phenoxy) is 1. The summed E-state index contributed by atoms with van der Waals surface area (Å²) in [6.07, 6.45) is 1.51. The molecule has 2 aromatic rings. The molecule has 2 N–H and O–H groups in total. The average Bonchev–Trinajstić information content (AvgIpc) is 2.84. The van der Waals surface area contributed by atoms with Crippen molar-refractivity contribution in [1.82, 2.24) is 10.3 Å². The van der Waals surface area contributed by atoms with Gasteiger partial charge in [0.15, 0.2) is 0 Å². The van der Waals surface area contributed by atoms with E-state index >= 15 is 0 Å². The van der Waals surface area contributed by atoms with Gasteiger partial charge in [-0.3, -0.25) is 4.79 Å². The van der Waals surface area contributed by atoms with Crippen LogP contribution in [-0.4, -0.2) is 17.5 Å². The highest BCUT2D eigenvalue weighted by Gasteiger charge is 2.08. The molecule has 0 radical (unpaired) electrons. The molecular formula is C13H11ClF2N2O2. The summed E-state index contributed by atoms with van der Waals surface area (Å²) >= 11 is 5.69. The molecular weight excluding hydrogens is 290 g/mol. The molecule has 1 aromatic carbocycles. The Hall–Kier alpha value is -2.08. The lowest BCUT2D eigenvalue weighted by atomic mass is 10.2. The number of aromatic nitrogens is 1. The van der Waals surface area contributed by atoms with Crippen molar-refractivity contribution >= 4 is 17.5 Å². The van der Waals surface area contributed by atoms with Gasteiger partial charge in [0.05, 0.1) is 5.02 Å². The second kappa shape index (κ2) is 6.38. The zero-order valence-corrected chi connectivity index (χ0v) is 11.0. The van der Waals surface area contributed by atoms with Gasteiger partial charge >= 0.3 is 6.61 Å². The molecule has 0 aliphatic heterocycles. The van der Waals surface area contributed by atoms with Crippen molar-refractivity contribution in [3.8, 4) is 5.75 Å². The Morgan fingerprint density at radius 3 is 2.60 bits per heavy atom. The van der Waals surface area contributed by atoms with Crippen LogP contribution in [0.5, 0.6) is 5.75 Å². The summed E-state index contributed by atoms with van der Waals surface area (Å²) in [7, 11) is 0. The van der Waals surface area contributed by atoms with Crippen molar-refractivity contribution in [3.63, 3.8) is 0 Å². The van der Waals surface area contributed by atoms with Crippen LogP contribution < -0.4 is 10.1 Å². The number of H-pyrrole nitrogens is 1. The minimum Gasteiger partial charge on any atom is -0.435 e. The molecule has 0 fully saturated rings. The smallest absolute Gasteiger partial charge is 0.387 e. The van der Waals surface area contributed by atoms with Gasteiger partial charge in [-0.25, -0.2) is 0 Å². The first-order chi connectivity index (χ1) is 9.54. The van der Waals surface area contributed by atoms with Crippen molar-refractivity contribution in [2.75, 3.05) is 0 Å². The fourth-order valence-corrected chi connectivity index (χ4v) is 1.73. The molecule has 4 nitrogen and oxygen atoms in total. The number of hydrogen-bond donors (Lipinski definition) is 2. The Morgan fingerprint density at radius 2 is 2.05 bits per heavy atom. The maximum Gasteiger partial charge on any atom is 0.387 e. The van der Waals surface area contributed by atoms with Gasteiger partial charge in [-0.05, 0) is 23.8 Å². The maximum atomic E-state index is 12.0. The Morgan fingerprint density at radius 1 is 1.35 bits per heavy atom. The standard InChI is InChI=1S/C13H11ClF2N2O2/c14-9-5-11(17-7-9)12(19)18-6-8-1-3-10(4-2-8)20-13(15)16/h1-5,7,13,17H,6H2,(H,18,19). The third-order valence-electron chi connectivity index (χ3n) is 2.49. The van der Waals surface area contributed by atoms with Crippen LogP contribution in [0.25, 0.3) is 0 Å². The maximum absolute atomic E-state index is 12.0. The number of alkyl halides is 2. The second-order valence-corrected chi connectivity index (χ2v) is 4.37. The first-order valence-corrected chi connectivity index (χ1v) is 6.08. The Labute approximate surface area is 118 Å². The van der Waals surface area contributed by atoms with E-state index in [-0.39, 0.29) is 18.2 Å². The number of hydrogen-bond acceptors (Lipinski definition) is 2. The summed E-state index contributed by atoms with van der Waals surface area (Å²) < 4.78 is 28.2. The second-order valence-electron chi connectivity index (χ2n) is 3.94. The Kier molecular flexibility index (Phi) is 4.57. The molecule has 0 saturated carbocycles. The van der Waals surface area contributed by atoms with E-state index < -0.39 is 6.61 Å². The molecule has 0 aliphatic carbocycles. The van der Waals surface area contributed by atoms with Crippen molar-refractivity contribution in [3.05, 3.63) is 52.8 Å². The lowest BCUT2D eigenvalue weighted by Crippen LogP contribution is -2.22. The zero-order valence-electron chi connectivity index (χ0n) is 10.2. The van der Waals surface area contributed by atoms with Crippen LogP contribution in [0, 0.1) is 0 Å². The van der Waals surface area contributed by atoms with Crippen LogP contribution in [0.3, 0.4) is 0 Å². The molecule has 0 bridgehead atoms. The molecule has 0 aliphatic rings. The van der Waals surface area contributed by atoms with Crippen LogP contribution in [0.4, 0.5) is 8.78 Å². The highest BCUT2D eigenvalue weighted by Crippen LogP contribution is 2.15. The predicted octanol–water partition coefficient (Wildman–Crippen LogP) is 3.20. The molecule has 0 unspecified atom stereocenters. The third-order valence-corrected chi connectivity index (χ3v) is 2.71. The van der Waals surface area contributed by atoms with Gasteiger partial charge in [0.2, 0.25) is 0 Å². The summed E-state index contributed by atoms with van der Waals surface area (Å²) in [6.45, 7) is -2.58. The first-order valence-electron chi connectivity index (χ1n) is 5.70. The fraction of sp³-hybridized carbons (Fsp3) is 0.154. The normalized spacial score (nSPS) is 10.6. The van der Waals surface area contributed by atoms with Crippen LogP contribution in [-0.2, 0) is 6.54 Å². The molecule has 2 rings (SSSR count). The SMILES string of the molecule is O=C(NCc1ccc(OC(F)F)cc1)c1cc(Cl)c[nH]1. The fourth-order valence-electron chi connectivity index (χ4n) is 1.57. The molecule has 7 heteroatoms. The van der Waals surface area contributed by atoms with Crippen molar-refractivity contribution < 1.29 is 18.3 Å². The van der Waals surface area contributed by atoms with Gasteiger partial charge < -0.3 is 15.0 Å². The number of aromatic amines is 1. The number of benzene rings is 1. The third kappa shape index (κ3) is 3.96. The van der Waals surface area contributed by atoms with E-state index in [1.54, 1.807) is 12.1 Å². The largest absolute Gasteiger partial charge is 0.435 e. The van der Waals surface area contributed by atoms with Gasteiger partial charge in [-0.1, -0.05) is 23.7 Å². The number of halogens is 3. The summed E-state index contributed by atoms with van der Waals surface area (Å²) in [5.41, 5.74) is 1.12. The first kappa shape index (κ1) is 14.3. The van der Waals surface area contributed by atoms with Gasteiger partial charge in [-0.15, -0.1) is 0 Å². The van der Waals surface area contributed by atoms with Crippen LogP contribution in [0.1, 0.15) is 16.1 Å². The van der Waals surface area contributed by atoms with Crippen molar-refractivity contribution in [2.45, 2.75) is 13.2 Å². The minimum atomic E-state index is -2.85. The van der Waals surface area contributed by atoms with Gasteiger partial charge in [0, 0.05) is 12.7 Å². The zero-order chi connectivity index (χ0) is 14.5. The van der Waals surface area contributed by atoms with E-state index in [2.05, 4.69) is 15.0 Å². The van der Waals surface area contributed by atoms with Crippen LogP contribution in [0.2, 0.25) is 5.02 Å². The van der Waals surface area contributed by atoms with Crippen molar-refractivity contribution in [1.29, 1.82) is 0 Å². The summed E-state index contributed by atoms with van der Waals surface area (Å²) in [5, 5.41) is 3.12. The van der Waals surface area contributed by atoms with E-state index in [1.165, 1.54) is 24.4 Å². The minimum absolute atomic E-state index is 0.0752. The summed E-state index contributed by atoms with van der Waals surface area (Å²) in [6, 6.07) is 7.54. The predicted molar refractivity (Wildman–Crippen MR) is 70.0 cm³/mol. The number of nitrogens with one attached hydrogen (secondary N) is 2. The molecule has 0 atom stereocenters. The van der Waals surface area contributed by atoms with E-state index in [0.29, 0.717) is 10.7 Å². The van der Waals surface area contributed by atoms with E-state index in [1.807, 2.05) is 0 Å². The topological polar surface area (TPSA) is 54.1 Å². The molecule has 106 valence electrons. The number of rotatable bonds is 5. The summed E-state index contributed by atoms with van der Waals surface area (Å²) in [5.74, 6) is -0.226. The summed E-state index contributed by atoms with van der Waals surface area (Å²) in [4.78, 5) is 14.4. The Balaban J connectivity index is 1.89. The van der Waals surface area contributed by atoms with Crippen LogP contribution >= 0.6 is 11.6 Å². The van der Waals surface area contributed by atoms with E-state index in [4.69, 9.17) is 11.6 Å². The highest BCUT2D eigenvalue weighted by molar-refractivity contribution is 6.30. The highest BCUT2D eigenvalue weighted by atomic mass is 35.5. The molecule has 1 aromatic heterocycles. The number of amides is 1.